The average molecular weight is 390 g/mol. The molecule has 0 aromatic heterocycles. The maximum atomic E-state index is 10.3. The lowest BCUT2D eigenvalue weighted by molar-refractivity contribution is 0.0200. The third kappa shape index (κ3) is 12.1. The van der Waals surface area contributed by atoms with Crippen LogP contribution in [0.4, 0.5) is 0 Å². The molecular weight excluding hydrogens is 360 g/mol. The summed E-state index contributed by atoms with van der Waals surface area (Å²) in [4.78, 5) is 20.7. The summed E-state index contributed by atoms with van der Waals surface area (Å²) in [6.45, 7) is 4.75. The van der Waals surface area contributed by atoms with E-state index in [1.807, 2.05) is 0 Å². The van der Waals surface area contributed by atoms with Crippen LogP contribution >= 0.6 is 0 Å². The van der Waals surface area contributed by atoms with Crippen LogP contribution in [0.15, 0.2) is 24.3 Å². The van der Waals surface area contributed by atoms with Crippen molar-refractivity contribution in [3.63, 3.8) is 0 Å². The summed E-state index contributed by atoms with van der Waals surface area (Å²) in [5.74, 6) is -2.13. The molecule has 0 saturated heterocycles. The van der Waals surface area contributed by atoms with E-state index in [-0.39, 0.29) is 49.6 Å². The topological polar surface area (TPSA) is 176 Å². The third-order valence-electron chi connectivity index (χ3n) is 3.38. The van der Waals surface area contributed by atoms with Gasteiger partial charge in [-0.1, -0.05) is 20.8 Å². The van der Waals surface area contributed by atoms with Gasteiger partial charge in [0.25, 0.3) is 0 Å². The van der Waals surface area contributed by atoms with E-state index >= 15 is 0 Å². The van der Waals surface area contributed by atoms with Crippen molar-refractivity contribution in [3.8, 4) is 0 Å². The number of carboxylic acids is 2. The number of hydrogen-bond donors (Lipinski definition) is 7. The lowest BCUT2D eigenvalue weighted by Crippen LogP contribution is -2.29. The summed E-state index contributed by atoms with van der Waals surface area (Å²) >= 11 is 0. The molecule has 0 atom stereocenters. The van der Waals surface area contributed by atoms with Crippen LogP contribution in [0.1, 0.15) is 41.5 Å². The van der Waals surface area contributed by atoms with E-state index in [4.69, 9.17) is 35.7 Å². The number of hydrogen-bond acceptors (Lipinski definition) is 7. The van der Waals surface area contributed by atoms with Crippen molar-refractivity contribution in [2.75, 3.05) is 33.0 Å². The Bertz CT molecular complexity index is 501. The number of carboxylic acid groups (broad SMARTS) is 2. The maximum Gasteiger partial charge on any atom is 0.335 e. The van der Waals surface area contributed by atoms with Gasteiger partial charge in [0.05, 0.1) is 44.2 Å². The summed E-state index contributed by atoms with van der Waals surface area (Å²) in [7, 11) is 0. The van der Waals surface area contributed by atoms with Gasteiger partial charge in [0.15, 0.2) is 0 Å². The molecule has 27 heavy (non-hydrogen) atoms. The lowest BCUT2D eigenvalue weighted by atomic mass is 9.95. The normalized spacial score (nSPS) is 10.8. The largest absolute Gasteiger partial charge is 0.478 e. The second kappa shape index (κ2) is 13.2. The molecule has 0 radical (unpaired) electrons. The molecule has 0 aliphatic rings. The fraction of sp³-hybridized carbons (Fsp3) is 0.556. The molecule has 0 amide bonds. The van der Waals surface area contributed by atoms with E-state index in [1.165, 1.54) is 24.3 Å². The van der Waals surface area contributed by atoms with Crippen molar-refractivity contribution in [1.82, 2.24) is 0 Å². The van der Waals surface area contributed by atoms with Crippen molar-refractivity contribution in [1.29, 1.82) is 0 Å². The first-order valence-corrected chi connectivity index (χ1v) is 8.03. The molecule has 7 N–H and O–H groups in total. The quantitative estimate of drug-likeness (QED) is 0.339. The summed E-state index contributed by atoms with van der Waals surface area (Å²) in [5.41, 5.74) is -0.847. The molecule has 1 rings (SSSR count). The van der Waals surface area contributed by atoms with Gasteiger partial charge in [-0.3, -0.25) is 0 Å². The Balaban J connectivity index is 0. The monoisotopic (exact) mass is 390 g/mol. The Morgan fingerprint density at radius 2 is 0.926 bits per heavy atom. The van der Waals surface area contributed by atoms with Crippen LogP contribution < -0.4 is 0 Å². The van der Waals surface area contributed by atoms with Crippen LogP contribution in [0.3, 0.4) is 0 Å². The van der Waals surface area contributed by atoms with Gasteiger partial charge in [-0.05, 0) is 24.3 Å². The fourth-order valence-electron chi connectivity index (χ4n) is 0.955. The summed E-state index contributed by atoms with van der Waals surface area (Å²) in [6, 6.07) is 5.02. The van der Waals surface area contributed by atoms with Gasteiger partial charge in [-0.15, -0.1) is 0 Å². The average Bonchev–Trinajstić information content (AvgIpc) is 2.68. The van der Waals surface area contributed by atoms with Crippen molar-refractivity contribution >= 4 is 11.9 Å². The molecule has 0 heterocycles. The highest BCUT2D eigenvalue weighted by Gasteiger charge is 2.20. The zero-order valence-corrected chi connectivity index (χ0v) is 15.8. The highest BCUT2D eigenvalue weighted by molar-refractivity contribution is 5.91. The van der Waals surface area contributed by atoms with Crippen molar-refractivity contribution in [2.45, 2.75) is 20.8 Å². The highest BCUT2D eigenvalue weighted by atomic mass is 16.4. The van der Waals surface area contributed by atoms with E-state index < -0.39 is 17.4 Å². The molecule has 0 aliphatic carbocycles. The number of aliphatic hydroxyl groups is 5. The standard InChI is InChI=1S/C8H6O4.C5H12O3.C5H12O2/c9-7(10)5-1-2-6(4-3-5)8(11)12;1-5(2-6,3-7)4-8;1-5(2,3-6)4-7/h1-4H,(H,9,10)(H,11,12);6-8H,2-4H2,1H3;6-7H,3-4H2,1-2H3. The molecule has 1 aromatic carbocycles. The van der Waals surface area contributed by atoms with Crippen molar-refractivity contribution in [3.05, 3.63) is 35.4 Å². The maximum absolute atomic E-state index is 10.3. The van der Waals surface area contributed by atoms with E-state index in [1.54, 1.807) is 20.8 Å². The number of rotatable bonds is 7. The summed E-state index contributed by atoms with van der Waals surface area (Å²) in [6.07, 6.45) is 0. The van der Waals surface area contributed by atoms with Gasteiger partial charge in [-0.2, -0.15) is 0 Å². The molecule has 0 spiro atoms. The van der Waals surface area contributed by atoms with Crippen molar-refractivity contribution in [2.24, 2.45) is 10.8 Å². The van der Waals surface area contributed by atoms with Gasteiger partial charge < -0.3 is 35.7 Å². The van der Waals surface area contributed by atoms with Crippen LogP contribution in [0.5, 0.6) is 0 Å². The van der Waals surface area contributed by atoms with E-state index in [9.17, 15) is 9.59 Å². The molecule has 156 valence electrons. The minimum Gasteiger partial charge on any atom is -0.478 e. The van der Waals surface area contributed by atoms with Gasteiger partial charge in [0, 0.05) is 10.8 Å². The Labute approximate surface area is 158 Å². The first-order valence-electron chi connectivity index (χ1n) is 8.03. The van der Waals surface area contributed by atoms with Crippen LogP contribution in [0, 0.1) is 10.8 Å². The molecule has 9 heteroatoms. The van der Waals surface area contributed by atoms with Crippen LogP contribution in [0.25, 0.3) is 0 Å². The number of aliphatic hydroxyl groups excluding tert-OH is 5. The number of aromatic carboxylic acids is 2. The first kappa shape index (κ1) is 27.2. The third-order valence-corrected chi connectivity index (χ3v) is 3.38. The zero-order valence-electron chi connectivity index (χ0n) is 15.8. The van der Waals surface area contributed by atoms with Gasteiger partial charge >= 0.3 is 11.9 Å². The molecular formula is C18H30O9. The van der Waals surface area contributed by atoms with Gasteiger partial charge in [0.2, 0.25) is 0 Å². The molecule has 0 aliphatic heterocycles. The minimum atomic E-state index is -1.06. The first-order chi connectivity index (χ1) is 12.4. The van der Waals surface area contributed by atoms with Gasteiger partial charge in [-0.25, -0.2) is 9.59 Å². The molecule has 1 aromatic rings. The lowest BCUT2D eigenvalue weighted by Gasteiger charge is -2.20. The van der Waals surface area contributed by atoms with E-state index in [2.05, 4.69) is 0 Å². The molecule has 0 unspecified atom stereocenters. The van der Waals surface area contributed by atoms with E-state index in [0.717, 1.165) is 0 Å². The van der Waals surface area contributed by atoms with Crippen LogP contribution in [-0.2, 0) is 0 Å². The molecule has 0 saturated carbocycles. The second-order valence-corrected chi connectivity index (χ2v) is 6.95. The number of carbonyl (C=O) groups is 2. The predicted octanol–water partition coefficient (Wildman–Crippen LogP) is 0.0498. The molecule has 9 nitrogen and oxygen atoms in total. The van der Waals surface area contributed by atoms with Gasteiger partial charge in [0.1, 0.15) is 0 Å². The van der Waals surface area contributed by atoms with Crippen LogP contribution in [-0.4, -0.2) is 80.7 Å². The SMILES string of the molecule is CC(C)(CO)CO.CC(CO)(CO)CO.O=C(O)c1ccc(C(=O)O)cc1. The second-order valence-electron chi connectivity index (χ2n) is 6.95. The molecule has 0 fully saturated rings. The predicted molar refractivity (Wildman–Crippen MR) is 97.7 cm³/mol. The Morgan fingerprint density at radius 3 is 1.00 bits per heavy atom. The fourth-order valence-corrected chi connectivity index (χ4v) is 0.955. The highest BCUT2D eigenvalue weighted by Crippen LogP contribution is 2.11. The Hall–Kier alpha value is -2.04. The Kier molecular flexibility index (Phi) is 13.3. The Morgan fingerprint density at radius 1 is 0.667 bits per heavy atom. The molecule has 0 bridgehead atoms. The summed E-state index contributed by atoms with van der Waals surface area (Å²) < 4.78 is 0. The van der Waals surface area contributed by atoms with Crippen molar-refractivity contribution < 1.29 is 45.3 Å². The van der Waals surface area contributed by atoms with E-state index in [0.29, 0.717) is 0 Å². The number of benzene rings is 1. The zero-order chi connectivity index (χ0) is 21.7. The smallest absolute Gasteiger partial charge is 0.335 e. The van der Waals surface area contributed by atoms with Crippen LogP contribution in [0.2, 0.25) is 0 Å². The minimum absolute atomic E-state index is 0.0451. The summed E-state index contributed by atoms with van der Waals surface area (Å²) in [5, 5.41) is 59.2.